The quantitative estimate of drug-likeness (QED) is 0.928. The monoisotopic (exact) mass is 293 g/mol. The molecule has 18 heavy (non-hydrogen) atoms. The molecule has 0 aliphatic carbocycles. The Morgan fingerprint density at radius 1 is 1.33 bits per heavy atom. The topological polar surface area (TPSA) is 46.2 Å². The molecular formula is C12H17ClFNO2S. The molecule has 0 amide bonds. The van der Waals surface area contributed by atoms with Gasteiger partial charge in [0.05, 0.1) is 15.5 Å². The van der Waals surface area contributed by atoms with Gasteiger partial charge in [0, 0.05) is 12.2 Å². The van der Waals surface area contributed by atoms with E-state index >= 15 is 0 Å². The number of sulfone groups is 1. The van der Waals surface area contributed by atoms with Gasteiger partial charge in [0.2, 0.25) is 0 Å². The molecule has 102 valence electrons. The maximum Gasteiger partial charge on any atom is 0.156 e. The van der Waals surface area contributed by atoms with Crippen molar-refractivity contribution in [2.75, 3.05) is 17.6 Å². The highest BCUT2D eigenvalue weighted by Crippen LogP contribution is 2.20. The van der Waals surface area contributed by atoms with Crippen LogP contribution in [0.15, 0.2) is 18.2 Å². The summed E-state index contributed by atoms with van der Waals surface area (Å²) < 4.78 is 35.8. The second kappa shape index (κ2) is 5.45. The minimum Gasteiger partial charge on any atom is -0.384 e. The smallest absolute Gasteiger partial charge is 0.156 e. The average Bonchev–Trinajstić information content (AvgIpc) is 2.21. The van der Waals surface area contributed by atoms with Gasteiger partial charge in [-0.1, -0.05) is 11.6 Å². The van der Waals surface area contributed by atoms with Crippen LogP contribution in [0, 0.1) is 5.82 Å². The van der Waals surface area contributed by atoms with E-state index in [0.29, 0.717) is 5.69 Å². The van der Waals surface area contributed by atoms with Crippen molar-refractivity contribution in [2.24, 2.45) is 0 Å². The molecule has 1 N–H and O–H groups in total. The summed E-state index contributed by atoms with van der Waals surface area (Å²) in [5.74, 6) is -0.476. The zero-order chi connectivity index (χ0) is 14.0. The third-order valence-electron chi connectivity index (χ3n) is 2.55. The summed E-state index contributed by atoms with van der Waals surface area (Å²) >= 11 is 5.62. The van der Waals surface area contributed by atoms with E-state index in [-0.39, 0.29) is 17.3 Å². The van der Waals surface area contributed by atoms with Crippen LogP contribution in [-0.2, 0) is 9.84 Å². The minimum atomic E-state index is -3.16. The maximum absolute atomic E-state index is 12.9. The lowest BCUT2D eigenvalue weighted by atomic mass is 10.3. The summed E-state index contributed by atoms with van der Waals surface area (Å²) in [6.45, 7) is 5.26. The van der Waals surface area contributed by atoms with Gasteiger partial charge in [-0.15, -0.1) is 0 Å². The number of nitrogens with one attached hydrogen (secondary N) is 1. The zero-order valence-corrected chi connectivity index (χ0v) is 12.2. The van der Waals surface area contributed by atoms with E-state index in [1.54, 1.807) is 20.8 Å². The standard InChI is InChI=1S/C12H17ClFNO2S/c1-12(2,3)18(16,17)7-6-15-9-4-5-11(14)10(13)8-9/h4-5,8,15H,6-7H2,1-3H3. The molecule has 0 bridgehead atoms. The molecule has 1 aromatic carbocycles. The van der Waals surface area contributed by atoms with Gasteiger partial charge in [0.1, 0.15) is 5.82 Å². The summed E-state index contributed by atoms with van der Waals surface area (Å²) in [6.07, 6.45) is 0. The minimum absolute atomic E-state index is 0.0127. The van der Waals surface area contributed by atoms with Gasteiger partial charge >= 0.3 is 0 Å². The van der Waals surface area contributed by atoms with Crippen LogP contribution >= 0.6 is 11.6 Å². The molecule has 0 aliphatic rings. The lowest BCUT2D eigenvalue weighted by molar-refractivity contribution is 0.560. The predicted molar refractivity (Wildman–Crippen MR) is 73.4 cm³/mol. The Morgan fingerprint density at radius 3 is 2.44 bits per heavy atom. The Hall–Kier alpha value is -0.810. The van der Waals surface area contributed by atoms with Crippen molar-refractivity contribution in [1.82, 2.24) is 0 Å². The number of halogens is 2. The van der Waals surface area contributed by atoms with E-state index in [2.05, 4.69) is 5.32 Å². The fourth-order valence-corrected chi connectivity index (χ4v) is 2.41. The molecule has 0 heterocycles. The van der Waals surface area contributed by atoms with Gasteiger partial charge in [0.25, 0.3) is 0 Å². The first-order chi connectivity index (χ1) is 8.13. The number of anilines is 1. The highest BCUT2D eigenvalue weighted by atomic mass is 35.5. The molecule has 0 aromatic heterocycles. The molecule has 1 aromatic rings. The van der Waals surface area contributed by atoms with E-state index in [4.69, 9.17) is 11.6 Å². The third-order valence-corrected chi connectivity index (χ3v) is 5.45. The number of hydrogen-bond acceptors (Lipinski definition) is 3. The summed E-state index contributed by atoms with van der Waals surface area (Å²) in [5.41, 5.74) is 0.602. The van der Waals surface area contributed by atoms with Gasteiger partial charge in [0.15, 0.2) is 9.84 Å². The molecule has 0 saturated heterocycles. The second-order valence-electron chi connectivity index (χ2n) is 4.99. The van der Waals surface area contributed by atoms with Crippen LogP contribution < -0.4 is 5.32 Å². The molecule has 0 fully saturated rings. The molecular weight excluding hydrogens is 277 g/mol. The van der Waals surface area contributed by atoms with Crippen molar-refractivity contribution in [2.45, 2.75) is 25.5 Å². The van der Waals surface area contributed by atoms with Crippen LogP contribution in [0.4, 0.5) is 10.1 Å². The highest BCUT2D eigenvalue weighted by molar-refractivity contribution is 7.92. The largest absolute Gasteiger partial charge is 0.384 e. The first-order valence-corrected chi connectivity index (χ1v) is 7.58. The first-order valence-electron chi connectivity index (χ1n) is 5.55. The van der Waals surface area contributed by atoms with Crippen LogP contribution in [-0.4, -0.2) is 25.5 Å². The van der Waals surface area contributed by atoms with Crippen LogP contribution in [0.2, 0.25) is 5.02 Å². The molecule has 0 aliphatic heterocycles. The van der Waals surface area contributed by atoms with E-state index < -0.39 is 20.4 Å². The summed E-state index contributed by atoms with van der Waals surface area (Å²) in [7, 11) is -3.16. The SMILES string of the molecule is CC(C)(C)S(=O)(=O)CCNc1ccc(F)c(Cl)c1. The van der Waals surface area contributed by atoms with Gasteiger partial charge in [-0.2, -0.15) is 0 Å². The van der Waals surface area contributed by atoms with Crippen LogP contribution in [0.3, 0.4) is 0 Å². The molecule has 3 nitrogen and oxygen atoms in total. The molecule has 6 heteroatoms. The molecule has 0 saturated carbocycles. The van der Waals surface area contributed by atoms with E-state index in [9.17, 15) is 12.8 Å². The van der Waals surface area contributed by atoms with Gasteiger partial charge in [-0.25, -0.2) is 12.8 Å². The first kappa shape index (κ1) is 15.2. The van der Waals surface area contributed by atoms with E-state index in [1.165, 1.54) is 18.2 Å². The number of hydrogen-bond donors (Lipinski definition) is 1. The Labute approximate surface area is 112 Å². The predicted octanol–water partition coefficient (Wildman–Crippen LogP) is 3.10. The van der Waals surface area contributed by atoms with E-state index in [1.807, 2.05) is 0 Å². The second-order valence-corrected chi connectivity index (χ2v) is 8.26. The van der Waals surface area contributed by atoms with Crippen LogP contribution in [0.25, 0.3) is 0 Å². The molecule has 0 spiro atoms. The normalized spacial score (nSPS) is 12.5. The lowest BCUT2D eigenvalue weighted by Crippen LogP contribution is -2.32. The molecule has 1 rings (SSSR count). The molecule has 0 unspecified atom stereocenters. The Balaban J connectivity index is 2.60. The Bertz CT molecular complexity index is 523. The van der Waals surface area contributed by atoms with Crippen molar-refractivity contribution in [3.05, 3.63) is 29.0 Å². The van der Waals surface area contributed by atoms with Crippen molar-refractivity contribution >= 4 is 27.1 Å². The van der Waals surface area contributed by atoms with Gasteiger partial charge in [-0.3, -0.25) is 0 Å². The molecule has 0 atom stereocenters. The number of rotatable bonds is 4. The van der Waals surface area contributed by atoms with Crippen molar-refractivity contribution in [1.29, 1.82) is 0 Å². The third kappa shape index (κ3) is 3.85. The van der Waals surface area contributed by atoms with E-state index in [0.717, 1.165) is 0 Å². The average molecular weight is 294 g/mol. The zero-order valence-electron chi connectivity index (χ0n) is 10.6. The van der Waals surface area contributed by atoms with Crippen molar-refractivity contribution in [3.8, 4) is 0 Å². The summed E-state index contributed by atoms with van der Waals surface area (Å²) in [4.78, 5) is 0. The Morgan fingerprint density at radius 2 is 1.94 bits per heavy atom. The molecule has 0 radical (unpaired) electrons. The van der Waals surface area contributed by atoms with Crippen molar-refractivity contribution < 1.29 is 12.8 Å². The fourth-order valence-electron chi connectivity index (χ4n) is 1.24. The summed E-state index contributed by atoms with van der Waals surface area (Å²) in [6, 6.07) is 4.19. The highest BCUT2D eigenvalue weighted by Gasteiger charge is 2.28. The van der Waals surface area contributed by atoms with Gasteiger partial charge < -0.3 is 5.32 Å². The van der Waals surface area contributed by atoms with Crippen LogP contribution in [0.5, 0.6) is 0 Å². The lowest BCUT2D eigenvalue weighted by Gasteiger charge is -2.19. The van der Waals surface area contributed by atoms with Crippen molar-refractivity contribution in [3.63, 3.8) is 0 Å². The summed E-state index contributed by atoms with van der Waals surface area (Å²) in [5, 5.41) is 2.92. The fraction of sp³-hybridized carbons (Fsp3) is 0.500. The van der Waals surface area contributed by atoms with Crippen LogP contribution in [0.1, 0.15) is 20.8 Å². The Kier molecular flexibility index (Phi) is 4.61. The number of benzene rings is 1. The van der Waals surface area contributed by atoms with Gasteiger partial charge in [-0.05, 0) is 39.0 Å². The maximum atomic E-state index is 12.9.